The zero-order chi connectivity index (χ0) is 13.4. The molecule has 6 heteroatoms. The molecule has 0 unspecified atom stereocenters. The van der Waals surface area contributed by atoms with Gasteiger partial charge in [-0.15, -0.1) is 0 Å². The molecule has 6 nitrogen and oxygen atoms in total. The summed E-state index contributed by atoms with van der Waals surface area (Å²) < 4.78 is 1.74. The first kappa shape index (κ1) is 11.6. The normalized spacial score (nSPS) is 11.1. The van der Waals surface area contributed by atoms with Gasteiger partial charge in [-0.25, -0.2) is 5.10 Å². The highest BCUT2D eigenvalue weighted by atomic mass is 16.1. The lowest BCUT2D eigenvalue weighted by Crippen LogP contribution is -2.13. The van der Waals surface area contributed by atoms with Crippen LogP contribution < -0.4 is 11.3 Å². The molecule has 0 aliphatic carbocycles. The van der Waals surface area contributed by atoms with Gasteiger partial charge in [-0.05, 0) is 17.7 Å². The van der Waals surface area contributed by atoms with Crippen LogP contribution in [0.5, 0.6) is 0 Å². The van der Waals surface area contributed by atoms with Gasteiger partial charge in [-0.1, -0.05) is 6.07 Å². The molecule has 0 radical (unpaired) electrons. The Morgan fingerprint density at radius 1 is 1.32 bits per heavy atom. The van der Waals surface area contributed by atoms with Crippen LogP contribution in [0.1, 0.15) is 5.69 Å². The molecule has 0 saturated carbocycles. The number of H-pyrrole nitrogens is 1. The number of benzene rings is 1. The molecule has 3 aromatic rings. The largest absolute Gasteiger partial charge is 0.325 e. The lowest BCUT2D eigenvalue weighted by Gasteiger charge is -2.04. The molecule has 0 aliphatic heterocycles. The number of aryl methyl sites for hydroxylation is 1. The average Bonchev–Trinajstić information content (AvgIpc) is 2.86. The third kappa shape index (κ3) is 1.92. The zero-order valence-electron chi connectivity index (χ0n) is 10.4. The topological polar surface area (TPSA) is 89.6 Å². The smallest absolute Gasteiger partial charge is 0.272 e. The second kappa shape index (κ2) is 4.33. The number of hydrogen-bond acceptors (Lipinski definition) is 4. The molecule has 3 rings (SSSR count). The minimum atomic E-state index is -0.204. The van der Waals surface area contributed by atoms with E-state index in [-0.39, 0.29) is 12.1 Å². The quantitative estimate of drug-likeness (QED) is 0.708. The van der Waals surface area contributed by atoms with Crippen LogP contribution in [0.2, 0.25) is 0 Å². The summed E-state index contributed by atoms with van der Waals surface area (Å²) in [5.74, 6) is 0. The van der Waals surface area contributed by atoms with Crippen LogP contribution in [0.15, 0.2) is 35.4 Å². The SMILES string of the molecule is Cn1cc(-c2ccc3c(=O)[nH]nc(CN)c3c2)cn1. The Labute approximate surface area is 108 Å². The second-order valence-corrected chi connectivity index (χ2v) is 4.37. The van der Waals surface area contributed by atoms with Crippen LogP contribution in [0, 0.1) is 0 Å². The van der Waals surface area contributed by atoms with Gasteiger partial charge in [-0.3, -0.25) is 9.48 Å². The van der Waals surface area contributed by atoms with E-state index in [1.807, 2.05) is 25.4 Å². The monoisotopic (exact) mass is 255 g/mol. The summed E-state index contributed by atoms with van der Waals surface area (Å²) >= 11 is 0. The number of hydrogen-bond donors (Lipinski definition) is 2. The van der Waals surface area contributed by atoms with Crippen LogP contribution in [0.25, 0.3) is 21.9 Å². The molecular formula is C13H13N5O. The van der Waals surface area contributed by atoms with Crippen molar-refractivity contribution in [3.05, 3.63) is 46.6 Å². The predicted molar refractivity (Wildman–Crippen MR) is 72.5 cm³/mol. The highest BCUT2D eigenvalue weighted by Gasteiger charge is 2.08. The van der Waals surface area contributed by atoms with Gasteiger partial charge in [0.2, 0.25) is 0 Å². The van der Waals surface area contributed by atoms with Crippen molar-refractivity contribution < 1.29 is 0 Å². The van der Waals surface area contributed by atoms with Crippen LogP contribution in [0.4, 0.5) is 0 Å². The van der Waals surface area contributed by atoms with E-state index in [1.165, 1.54) is 0 Å². The third-order valence-corrected chi connectivity index (χ3v) is 3.10. The molecule has 0 bridgehead atoms. The Balaban J connectivity index is 2.28. The Kier molecular flexibility index (Phi) is 2.64. The Morgan fingerprint density at radius 3 is 2.84 bits per heavy atom. The van der Waals surface area contributed by atoms with Crippen LogP contribution in [0.3, 0.4) is 0 Å². The maximum absolute atomic E-state index is 11.7. The van der Waals surface area contributed by atoms with E-state index in [1.54, 1.807) is 16.9 Å². The van der Waals surface area contributed by atoms with E-state index in [4.69, 9.17) is 5.73 Å². The number of nitrogens with two attached hydrogens (primary N) is 1. The molecule has 1 aromatic carbocycles. The molecule has 0 aliphatic rings. The van der Waals surface area contributed by atoms with Crippen molar-refractivity contribution in [2.45, 2.75) is 6.54 Å². The minimum Gasteiger partial charge on any atom is -0.325 e. The van der Waals surface area contributed by atoms with Gasteiger partial charge in [0.1, 0.15) is 0 Å². The van der Waals surface area contributed by atoms with Gasteiger partial charge < -0.3 is 5.73 Å². The molecule has 0 fully saturated rings. The zero-order valence-corrected chi connectivity index (χ0v) is 10.4. The Morgan fingerprint density at radius 2 is 2.16 bits per heavy atom. The molecule has 0 saturated heterocycles. The van der Waals surface area contributed by atoms with Gasteiger partial charge in [-0.2, -0.15) is 10.2 Å². The van der Waals surface area contributed by atoms with E-state index in [2.05, 4.69) is 15.3 Å². The second-order valence-electron chi connectivity index (χ2n) is 4.37. The Hall–Kier alpha value is -2.47. The van der Waals surface area contributed by atoms with Gasteiger partial charge in [0.25, 0.3) is 5.56 Å². The van der Waals surface area contributed by atoms with Crippen molar-refractivity contribution in [2.75, 3.05) is 0 Å². The van der Waals surface area contributed by atoms with Gasteiger partial charge >= 0.3 is 0 Å². The fourth-order valence-electron chi connectivity index (χ4n) is 2.13. The maximum Gasteiger partial charge on any atom is 0.272 e. The number of rotatable bonds is 2. The lowest BCUT2D eigenvalue weighted by molar-refractivity contribution is 0.768. The van der Waals surface area contributed by atoms with Crippen molar-refractivity contribution in [3.63, 3.8) is 0 Å². The standard InChI is InChI=1S/C13H13N5O/c1-18-7-9(6-15-18)8-2-3-10-11(4-8)12(5-14)16-17-13(10)19/h2-4,6-7H,5,14H2,1H3,(H,17,19). The number of fused-ring (bicyclic) bond motifs is 1. The van der Waals surface area contributed by atoms with E-state index < -0.39 is 0 Å². The molecule has 0 atom stereocenters. The van der Waals surface area contributed by atoms with Crippen molar-refractivity contribution in [3.8, 4) is 11.1 Å². The van der Waals surface area contributed by atoms with Crippen LogP contribution in [-0.4, -0.2) is 20.0 Å². The number of aromatic amines is 1. The van der Waals surface area contributed by atoms with Gasteiger partial charge in [0, 0.05) is 30.7 Å². The molecular weight excluding hydrogens is 242 g/mol. The molecule has 19 heavy (non-hydrogen) atoms. The summed E-state index contributed by atoms with van der Waals surface area (Å²) in [6.07, 6.45) is 3.70. The predicted octanol–water partition coefficient (Wildman–Crippen LogP) is 0.782. The van der Waals surface area contributed by atoms with Crippen molar-refractivity contribution in [1.29, 1.82) is 0 Å². The van der Waals surface area contributed by atoms with Crippen molar-refractivity contribution in [2.24, 2.45) is 12.8 Å². The van der Waals surface area contributed by atoms with E-state index in [0.29, 0.717) is 11.1 Å². The van der Waals surface area contributed by atoms with Crippen molar-refractivity contribution in [1.82, 2.24) is 20.0 Å². The van der Waals surface area contributed by atoms with Gasteiger partial charge in [0.15, 0.2) is 0 Å². The Bertz CT molecular complexity index is 802. The summed E-state index contributed by atoms with van der Waals surface area (Å²) in [5, 5.41) is 12.0. The first-order chi connectivity index (χ1) is 9.19. The fraction of sp³-hybridized carbons (Fsp3) is 0.154. The highest BCUT2D eigenvalue weighted by Crippen LogP contribution is 2.23. The molecule has 2 aromatic heterocycles. The third-order valence-electron chi connectivity index (χ3n) is 3.10. The summed E-state index contributed by atoms with van der Waals surface area (Å²) in [7, 11) is 1.86. The summed E-state index contributed by atoms with van der Waals surface area (Å²) in [4.78, 5) is 11.7. The molecule has 0 spiro atoms. The van der Waals surface area contributed by atoms with Gasteiger partial charge in [0.05, 0.1) is 17.3 Å². The first-order valence-electron chi connectivity index (χ1n) is 5.89. The summed E-state index contributed by atoms with van der Waals surface area (Å²) in [6, 6.07) is 5.61. The fourth-order valence-corrected chi connectivity index (χ4v) is 2.13. The minimum absolute atomic E-state index is 0.204. The van der Waals surface area contributed by atoms with Crippen LogP contribution >= 0.6 is 0 Å². The molecule has 0 amide bonds. The maximum atomic E-state index is 11.7. The highest BCUT2D eigenvalue weighted by molar-refractivity contribution is 5.88. The first-order valence-corrected chi connectivity index (χ1v) is 5.89. The number of nitrogens with zero attached hydrogens (tertiary/aromatic N) is 3. The lowest BCUT2D eigenvalue weighted by atomic mass is 10.0. The summed E-state index contributed by atoms with van der Waals surface area (Å²) in [5.41, 5.74) is 8.12. The molecule has 2 heterocycles. The summed E-state index contributed by atoms with van der Waals surface area (Å²) in [6.45, 7) is 0.282. The molecule has 96 valence electrons. The van der Waals surface area contributed by atoms with E-state index in [0.717, 1.165) is 16.5 Å². The molecule has 3 N–H and O–H groups in total. The van der Waals surface area contributed by atoms with Crippen LogP contribution in [-0.2, 0) is 13.6 Å². The number of aromatic nitrogens is 4. The van der Waals surface area contributed by atoms with E-state index >= 15 is 0 Å². The van der Waals surface area contributed by atoms with Crippen molar-refractivity contribution >= 4 is 10.8 Å². The number of nitrogens with one attached hydrogen (secondary N) is 1. The average molecular weight is 255 g/mol. The van der Waals surface area contributed by atoms with E-state index in [9.17, 15) is 4.79 Å².